The summed E-state index contributed by atoms with van der Waals surface area (Å²) >= 11 is 5.84. The van der Waals surface area contributed by atoms with Crippen LogP contribution in [0.3, 0.4) is 0 Å². The minimum absolute atomic E-state index is 0.0102. The molecule has 0 atom stereocenters. The molecule has 0 radical (unpaired) electrons. The topological polar surface area (TPSA) is 52.4 Å². The van der Waals surface area contributed by atoms with Crippen LogP contribution in [0.15, 0.2) is 24.3 Å². The summed E-state index contributed by atoms with van der Waals surface area (Å²) in [5.74, 6) is 0.467. The maximum atomic E-state index is 10.6. The highest BCUT2D eigenvalue weighted by Gasteiger charge is 2.31. The van der Waals surface area contributed by atoms with Gasteiger partial charge in [-0.1, -0.05) is 23.7 Å². The van der Waals surface area contributed by atoms with Crippen molar-refractivity contribution in [3.8, 4) is 5.75 Å². The van der Waals surface area contributed by atoms with E-state index in [0.717, 1.165) is 0 Å². The predicted molar refractivity (Wildman–Crippen MR) is 58.0 cm³/mol. The first-order valence-corrected chi connectivity index (χ1v) is 4.83. The van der Waals surface area contributed by atoms with Gasteiger partial charge in [-0.15, -0.1) is 0 Å². The van der Waals surface area contributed by atoms with Crippen molar-refractivity contribution in [2.24, 2.45) is 0 Å². The second-order valence-corrected chi connectivity index (χ2v) is 4.20. The molecule has 0 unspecified atom stereocenters. The number of halogens is 1. The Kier molecular flexibility index (Phi) is 3.52. The van der Waals surface area contributed by atoms with Crippen LogP contribution in [0.2, 0.25) is 5.02 Å². The zero-order chi connectivity index (χ0) is 11.5. The smallest absolute Gasteiger partial charge is 0.250 e. The van der Waals surface area contributed by atoms with E-state index in [2.05, 4.69) is 0 Å². The standard InChI is InChI=1S/C10H12ClNO3/c1-10(2,12(13)14)7-15-9-6-4-3-5-8(9)11/h3-6H,7H2,1-2H3. The average molecular weight is 230 g/mol. The molecular formula is C10H12ClNO3. The van der Waals surface area contributed by atoms with E-state index in [1.54, 1.807) is 24.3 Å². The molecule has 0 aromatic heterocycles. The van der Waals surface area contributed by atoms with Gasteiger partial charge in [0, 0.05) is 18.8 Å². The maximum Gasteiger partial charge on any atom is 0.250 e. The predicted octanol–water partition coefficient (Wildman–Crippen LogP) is 2.77. The van der Waals surface area contributed by atoms with E-state index in [1.807, 2.05) is 0 Å². The summed E-state index contributed by atoms with van der Waals surface area (Å²) in [4.78, 5) is 10.2. The van der Waals surface area contributed by atoms with Crippen LogP contribution in [0.5, 0.6) is 5.75 Å². The fourth-order valence-electron chi connectivity index (χ4n) is 0.869. The SMILES string of the molecule is CC(C)(COc1ccccc1Cl)[N+](=O)[O-]. The molecule has 4 nitrogen and oxygen atoms in total. The van der Waals surface area contributed by atoms with Crippen LogP contribution < -0.4 is 4.74 Å². The molecule has 5 heteroatoms. The Bertz CT molecular complexity index is 365. The molecule has 1 aromatic rings. The van der Waals surface area contributed by atoms with Crippen LogP contribution in [-0.4, -0.2) is 17.1 Å². The summed E-state index contributed by atoms with van der Waals surface area (Å²) in [6.45, 7) is 3.00. The van der Waals surface area contributed by atoms with Crippen LogP contribution in [0, 0.1) is 10.1 Å². The molecule has 0 amide bonds. The van der Waals surface area contributed by atoms with E-state index in [-0.39, 0.29) is 11.5 Å². The lowest BCUT2D eigenvalue weighted by atomic mass is 10.1. The monoisotopic (exact) mass is 229 g/mol. The number of nitrogens with zero attached hydrogens (tertiary/aromatic N) is 1. The molecule has 0 spiro atoms. The number of benzene rings is 1. The highest BCUT2D eigenvalue weighted by atomic mass is 35.5. The van der Waals surface area contributed by atoms with Crippen molar-refractivity contribution >= 4 is 11.6 Å². The molecule has 0 saturated heterocycles. The molecule has 1 rings (SSSR count). The van der Waals surface area contributed by atoms with Crippen molar-refractivity contribution in [3.63, 3.8) is 0 Å². The molecule has 0 fully saturated rings. The molecule has 0 aliphatic rings. The van der Waals surface area contributed by atoms with Gasteiger partial charge in [-0.05, 0) is 12.1 Å². The minimum Gasteiger partial charge on any atom is -0.485 e. The van der Waals surface area contributed by atoms with E-state index in [4.69, 9.17) is 16.3 Å². The Morgan fingerprint density at radius 3 is 2.60 bits per heavy atom. The second kappa shape index (κ2) is 4.49. The third kappa shape index (κ3) is 3.09. The Labute approximate surface area is 93.0 Å². The van der Waals surface area contributed by atoms with Crippen LogP contribution in [-0.2, 0) is 0 Å². The van der Waals surface area contributed by atoms with Gasteiger partial charge in [0.05, 0.1) is 5.02 Å². The fourth-order valence-corrected chi connectivity index (χ4v) is 1.06. The molecule has 15 heavy (non-hydrogen) atoms. The van der Waals surface area contributed by atoms with Gasteiger partial charge in [-0.25, -0.2) is 0 Å². The lowest BCUT2D eigenvalue weighted by Crippen LogP contribution is -2.37. The maximum absolute atomic E-state index is 10.6. The molecule has 82 valence electrons. The third-order valence-corrected chi connectivity index (χ3v) is 2.22. The van der Waals surface area contributed by atoms with Crippen LogP contribution >= 0.6 is 11.6 Å². The molecule has 0 heterocycles. The van der Waals surface area contributed by atoms with E-state index < -0.39 is 5.54 Å². The van der Waals surface area contributed by atoms with Crippen LogP contribution in [0.1, 0.15) is 13.8 Å². The van der Waals surface area contributed by atoms with E-state index in [1.165, 1.54) is 13.8 Å². The lowest BCUT2D eigenvalue weighted by Gasteiger charge is -2.16. The van der Waals surface area contributed by atoms with Crippen molar-refractivity contribution in [2.75, 3.05) is 6.61 Å². The highest BCUT2D eigenvalue weighted by Crippen LogP contribution is 2.24. The second-order valence-electron chi connectivity index (χ2n) is 3.79. The number of para-hydroxylation sites is 1. The molecule has 0 aliphatic carbocycles. The molecule has 0 saturated carbocycles. The number of ether oxygens (including phenoxy) is 1. The van der Waals surface area contributed by atoms with Gasteiger partial charge in [-0.2, -0.15) is 0 Å². The Morgan fingerprint density at radius 2 is 2.07 bits per heavy atom. The summed E-state index contributed by atoms with van der Waals surface area (Å²) in [5.41, 5.74) is -1.11. The van der Waals surface area contributed by atoms with Crippen LogP contribution in [0.4, 0.5) is 0 Å². The average Bonchev–Trinajstić information content (AvgIpc) is 2.16. The van der Waals surface area contributed by atoms with Crippen molar-refractivity contribution in [1.82, 2.24) is 0 Å². The summed E-state index contributed by atoms with van der Waals surface area (Å²) in [6, 6.07) is 6.89. The van der Waals surface area contributed by atoms with Crippen molar-refractivity contribution in [2.45, 2.75) is 19.4 Å². The van der Waals surface area contributed by atoms with Crippen molar-refractivity contribution < 1.29 is 9.66 Å². The number of rotatable bonds is 4. The lowest BCUT2D eigenvalue weighted by molar-refractivity contribution is -0.562. The van der Waals surface area contributed by atoms with Gasteiger partial charge in [0.25, 0.3) is 0 Å². The largest absolute Gasteiger partial charge is 0.485 e. The molecule has 0 N–H and O–H groups in total. The number of hydrogen-bond acceptors (Lipinski definition) is 3. The third-order valence-electron chi connectivity index (χ3n) is 1.91. The number of hydrogen-bond donors (Lipinski definition) is 0. The first-order valence-electron chi connectivity index (χ1n) is 4.45. The molecule has 0 aliphatic heterocycles. The fraction of sp³-hybridized carbons (Fsp3) is 0.400. The minimum atomic E-state index is -1.11. The van der Waals surface area contributed by atoms with Gasteiger partial charge >= 0.3 is 0 Å². The van der Waals surface area contributed by atoms with Crippen molar-refractivity contribution in [1.29, 1.82) is 0 Å². The van der Waals surface area contributed by atoms with Gasteiger partial charge in [-0.3, -0.25) is 10.1 Å². The van der Waals surface area contributed by atoms with Gasteiger partial charge in [0.2, 0.25) is 5.54 Å². The molecule has 1 aromatic carbocycles. The van der Waals surface area contributed by atoms with Crippen LogP contribution in [0.25, 0.3) is 0 Å². The zero-order valence-electron chi connectivity index (χ0n) is 8.57. The van der Waals surface area contributed by atoms with Gasteiger partial charge in [0.15, 0.2) is 6.61 Å². The Hall–Kier alpha value is -1.29. The molecular weight excluding hydrogens is 218 g/mol. The van der Waals surface area contributed by atoms with Gasteiger partial charge in [0.1, 0.15) is 5.75 Å². The Morgan fingerprint density at radius 1 is 1.47 bits per heavy atom. The highest BCUT2D eigenvalue weighted by molar-refractivity contribution is 6.32. The van der Waals surface area contributed by atoms with Gasteiger partial charge < -0.3 is 4.74 Å². The first-order chi connectivity index (χ1) is 6.93. The van der Waals surface area contributed by atoms with E-state index in [9.17, 15) is 10.1 Å². The van der Waals surface area contributed by atoms with E-state index >= 15 is 0 Å². The normalized spacial score (nSPS) is 11.1. The Balaban J connectivity index is 2.66. The molecule has 0 bridgehead atoms. The van der Waals surface area contributed by atoms with E-state index in [0.29, 0.717) is 10.8 Å². The summed E-state index contributed by atoms with van der Waals surface area (Å²) in [7, 11) is 0. The summed E-state index contributed by atoms with van der Waals surface area (Å²) in [6.07, 6.45) is 0. The van der Waals surface area contributed by atoms with Crippen molar-refractivity contribution in [3.05, 3.63) is 39.4 Å². The zero-order valence-corrected chi connectivity index (χ0v) is 9.32. The number of nitro groups is 1. The quantitative estimate of drug-likeness (QED) is 0.589. The summed E-state index contributed by atoms with van der Waals surface area (Å²) in [5, 5.41) is 11.1. The first kappa shape index (κ1) is 11.8. The summed E-state index contributed by atoms with van der Waals surface area (Å²) < 4.78 is 5.29.